The molecule has 1 N–H and O–H groups in total. The average molecular weight is 272 g/mol. The first kappa shape index (κ1) is 17.4. The van der Waals surface area contributed by atoms with Gasteiger partial charge in [-0.25, -0.2) is 4.79 Å². The molecular formula is C13H24N2O4. The minimum Gasteiger partial charge on any atom is -0.444 e. The lowest BCUT2D eigenvalue weighted by atomic mass is 10.2. The second-order valence-electron chi connectivity index (χ2n) is 5.22. The Bertz CT molecular complexity index is 310. The fourth-order valence-electron chi connectivity index (χ4n) is 1.33. The second kappa shape index (κ2) is 8.50. The van der Waals surface area contributed by atoms with Gasteiger partial charge in [-0.3, -0.25) is 4.79 Å². The first-order chi connectivity index (χ1) is 8.80. The third kappa shape index (κ3) is 9.04. The van der Waals surface area contributed by atoms with Crippen LogP contribution in [-0.4, -0.2) is 48.4 Å². The van der Waals surface area contributed by atoms with Gasteiger partial charge in [0.05, 0.1) is 6.54 Å². The molecule has 0 aromatic heterocycles. The Labute approximate surface area is 114 Å². The van der Waals surface area contributed by atoms with Gasteiger partial charge in [0, 0.05) is 6.54 Å². The fourth-order valence-corrected chi connectivity index (χ4v) is 1.33. The number of unbranched alkanes of at least 4 members (excludes halogenated alkanes) is 1. The van der Waals surface area contributed by atoms with E-state index in [2.05, 4.69) is 5.32 Å². The summed E-state index contributed by atoms with van der Waals surface area (Å²) in [6.07, 6.45) is 1.80. The van der Waals surface area contributed by atoms with E-state index in [1.807, 2.05) is 6.92 Å². The van der Waals surface area contributed by atoms with Gasteiger partial charge in [-0.15, -0.1) is 0 Å². The fraction of sp³-hybridized carbons (Fsp3) is 0.769. The zero-order valence-electron chi connectivity index (χ0n) is 12.2. The van der Waals surface area contributed by atoms with Gasteiger partial charge < -0.3 is 19.7 Å². The van der Waals surface area contributed by atoms with Gasteiger partial charge in [-0.05, 0) is 27.2 Å². The highest BCUT2D eigenvalue weighted by atomic mass is 16.6. The van der Waals surface area contributed by atoms with E-state index in [0.717, 1.165) is 12.8 Å². The Balaban J connectivity index is 4.17. The van der Waals surface area contributed by atoms with E-state index in [1.54, 1.807) is 20.8 Å². The monoisotopic (exact) mass is 272 g/mol. The van der Waals surface area contributed by atoms with Crippen molar-refractivity contribution in [3.63, 3.8) is 0 Å². The van der Waals surface area contributed by atoms with Crippen molar-refractivity contribution in [3.8, 4) is 0 Å². The normalized spacial score (nSPS) is 10.7. The zero-order valence-corrected chi connectivity index (χ0v) is 12.2. The van der Waals surface area contributed by atoms with Crippen LogP contribution in [0.1, 0.15) is 40.5 Å². The Kier molecular flexibility index (Phi) is 7.79. The molecule has 0 aromatic carbocycles. The summed E-state index contributed by atoms with van der Waals surface area (Å²) < 4.78 is 5.02. The van der Waals surface area contributed by atoms with Gasteiger partial charge in [0.25, 0.3) is 0 Å². The maximum atomic E-state index is 11.8. The van der Waals surface area contributed by atoms with E-state index in [-0.39, 0.29) is 19.0 Å². The molecule has 19 heavy (non-hydrogen) atoms. The zero-order chi connectivity index (χ0) is 14.9. The van der Waals surface area contributed by atoms with Crippen molar-refractivity contribution in [3.05, 3.63) is 0 Å². The van der Waals surface area contributed by atoms with E-state index in [4.69, 9.17) is 4.74 Å². The molecule has 0 rings (SSSR count). The molecule has 0 heterocycles. The first-order valence-corrected chi connectivity index (χ1v) is 6.48. The molecule has 0 atom stereocenters. The Morgan fingerprint density at radius 1 is 1.32 bits per heavy atom. The lowest BCUT2D eigenvalue weighted by Gasteiger charge is -2.22. The molecule has 0 bridgehead atoms. The Morgan fingerprint density at radius 3 is 2.42 bits per heavy atom. The van der Waals surface area contributed by atoms with E-state index < -0.39 is 11.7 Å². The molecule has 0 aliphatic heterocycles. The van der Waals surface area contributed by atoms with E-state index in [1.165, 1.54) is 4.90 Å². The molecule has 0 aromatic rings. The summed E-state index contributed by atoms with van der Waals surface area (Å²) in [5, 5.41) is 2.39. The number of aldehydes is 1. The molecular weight excluding hydrogens is 248 g/mol. The minimum absolute atomic E-state index is 0.0504. The topological polar surface area (TPSA) is 75.7 Å². The summed E-state index contributed by atoms with van der Waals surface area (Å²) in [5.74, 6) is -0.286. The van der Waals surface area contributed by atoms with Gasteiger partial charge in [0.1, 0.15) is 18.4 Å². The first-order valence-electron chi connectivity index (χ1n) is 6.48. The van der Waals surface area contributed by atoms with Crippen LogP contribution in [0.2, 0.25) is 0 Å². The lowest BCUT2D eigenvalue weighted by Crippen LogP contribution is -2.42. The minimum atomic E-state index is -0.637. The van der Waals surface area contributed by atoms with E-state index >= 15 is 0 Å². The quantitative estimate of drug-likeness (QED) is 0.710. The van der Waals surface area contributed by atoms with Gasteiger partial charge in [-0.2, -0.15) is 0 Å². The molecule has 0 spiro atoms. The molecule has 0 unspecified atom stereocenters. The maximum absolute atomic E-state index is 11.8. The highest BCUT2D eigenvalue weighted by molar-refractivity contribution is 5.83. The number of amides is 2. The number of carbonyl (C=O) groups excluding carboxylic acids is 3. The van der Waals surface area contributed by atoms with E-state index in [0.29, 0.717) is 12.8 Å². The molecule has 2 amide bonds. The standard InChI is InChI=1S/C13H24N2O4/c1-5-6-7-15(8-9-16)11(17)10-14-12(18)19-13(2,3)4/h9H,5-8,10H2,1-4H3,(H,14,18). The van der Waals surface area contributed by atoms with E-state index in [9.17, 15) is 14.4 Å². The number of carbonyl (C=O) groups is 3. The summed E-state index contributed by atoms with van der Waals surface area (Å²) >= 11 is 0. The number of alkyl carbamates (subject to hydrolysis) is 1. The van der Waals surface area contributed by atoms with Crippen LogP contribution in [0.3, 0.4) is 0 Å². The average Bonchev–Trinajstić information content (AvgIpc) is 2.29. The molecule has 110 valence electrons. The maximum Gasteiger partial charge on any atom is 0.408 e. The van der Waals surface area contributed by atoms with Crippen molar-refractivity contribution in [2.45, 2.75) is 46.1 Å². The van der Waals surface area contributed by atoms with Crippen molar-refractivity contribution in [2.75, 3.05) is 19.6 Å². The van der Waals surface area contributed by atoms with Crippen LogP contribution < -0.4 is 5.32 Å². The molecule has 0 saturated carbocycles. The Morgan fingerprint density at radius 2 is 1.95 bits per heavy atom. The molecule has 0 aliphatic rings. The summed E-state index contributed by atoms with van der Waals surface area (Å²) in [6, 6.07) is 0. The van der Waals surface area contributed by atoms with Crippen LogP contribution in [0.5, 0.6) is 0 Å². The van der Waals surface area contributed by atoms with Gasteiger partial charge in [-0.1, -0.05) is 13.3 Å². The van der Waals surface area contributed by atoms with Crippen LogP contribution in [0.4, 0.5) is 4.79 Å². The summed E-state index contributed by atoms with van der Waals surface area (Å²) in [5.41, 5.74) is -0.599. The molecule has 6 heteroatoms. The predicted octanol–water partition coefficient (Wildman–Crippen LogP) is 1.34. The van der Waals surface area contributed by atoms with Crippen molar-refractivity contribution < 1.29 is 19.1 Å². The molecule has 0 radical (unpaired) electrons. The van der Waals surface area contributed by atoms with Crippen molar-refractivity contribution in [2.24, 2.45) is 0 Å². The number of rotatable bonds is 7. The van der Waals surface area contributed by atoms with Crippen LogP contribution in [0.15, 0.2) is 0 Å². The molecule has 0 fully saturated rings. The van der Waals surface area contributed by atoms with Crippen LogP contribution >= 0.6 is 0 Å². The lowest BCUT2D eigenvalue weighted by molar-refractivity contribution is -0.132. The van der Waals surface area contributed by atoms with Crippen molar-refractivity contribution in [1.82, 2.24) is 10.2 Å². The number of hydrogen-bond acceptors (Lipinski definition) is 4. The number of ether oxygens (including phenoxy) is 1. The predicted molar refractivity (Wildman–Crippen MR) is 71.8 cm³/mol. The van der Waals surface area contributed by atoms with Gasteiger partial charge >= 0.3 is 6.09 Å². The summed E-state index contributed by atoms with van der Waals surface area (Å²) in [6.45, 7) is 7.64. The number of nitrogens with one attached hydrogen (secondary N) is 1. The van der Waals surface area contributed by atoms with Crippen molar-refractivity contribution in [1.29, 1.82) is 0 Å². The van der Waals surface area contributed by atoms with Gasteiger partial charge in [0.15, 0.2) is 0 Å². The highest BCUT2D eigenvalue weighted by Gasteiger charge is 2.18. The Hall–Kier alpha value is -1.59. The SMILES string of the molecule is CCCCN(CC=O)C(=O)CNC(=O)OC(C)(C)C. The summed E-state index contributed by atoms with van der Waals surface area (Å²) in [7, 11) is 0. The van der Waals surface area contributed by atoms with Gasteiger partial charge in [0.2, 0.25) is 5.91 Å². The second-order valence-corrected chi connectivity index (χ2v) is 5.22. The third-order valence-electron chi connectivity index (χ3n) is 2.21. The molecule has 0 saturated heterocycles. The van der Waals surface area contributed by atoms with Crippen LogP contribution in [-0.2, 0) is 14.3 Å². The smallest absolute Gasteiger partial charge is 0.408 e. The summed E-state index contributed by atoms with van der Waals surface area (Å²) in [4.78, 5) is 35.1. The third-order valence-corrected chi connectivity index (χ3v) is 2.21. The number of nitrogens with zero attached hydrogens (tertiary/aromatic N) is 1. The van der Waals surface area contributed by atoms with Crippen LogP contribution in [0.25, 0.3) is 0 Å². The highest BCUT2D eigenvalue weighted by Crippen LogP contribution is 2.06. The van der Waals surface area contributed by atoms with Crippen LogP contribution in [0, 0.1) is 0 Å². The number of hydrogen-bond donors (Lipinski definition) is 1. The van der Waals surface area contributed by atoms with Crippen molar-refractivity contribution >= 4 is 18.3 Å². The largest absolute Gasteiger partial charge is 0.444 e. The molecule has 0 aliphatic carbocycles. The molecule has 6 nitrogen and oxygen atoms in total.